The predicted octanol–water partition coefficient (Wildman–Crippen LogP) is 4.35. The lowest BCUT2D eigenvalue weighted by Crippen LogP contribution is -2.21. The summed E-state index contributed by atoms with van der Waals surface area (Å²) >= 11 is 1.61. The molecule has 1 amide bonds. The van der Waals surface area contributed by atoms with Gasteiger partial charge in [-0.1, -0.05) is 54.6 Å². The number of carbonyl (C=O) groups is 1. The minimum Gasteiger partial charge on any atom is -0.272 e. The number of carbonyl (C=O) groups excluding carboxylic acids is 1. The van der Waals surface area contributed by atoms with Crippen LogP contribution in [0.1, 0.15) is 30.0 Å². The maximum Gasteiger partial charge on any atom is 0.250 e. The van der Waals surface area contributed by atoms with E-state index in [0.29, 0.717) is 5.75 Å². The van der Waals surface area contributed by atoms with Crippen molar-refractivity contribution >= 4 is 23.4 Å². The molecule has 0 fully saturated rings. The van der Waals surface area contributed by atoms with Crippen molar-refractivity contribution in [2.24, 2.45) is 5.10 Å². The van der Waals surface area contributed by atoms with E-state index in [1.165, 1.54) is 16.7 Å². The number of hydrazone groups is 1. The molecule has 0 aliphatic heterocycles. The molecule has 2 rings (SSSR count). The third-order valence-electron chi connectivity index (χ3n) is 3.74. The maximum atomic E-state index is 11.9. The van der Waals surface area contributed by atoms with Crippen LogP contribution in [0.4, 0.5) is 0 Å². The fraction of sp³-hybridized carbons (Fsp3) is 0.300. The number of amides is 1. The summed E-state index contributed by atoms with van der Waals surface area (Å²) in [5, 5.41) is 4.19. The van der Waals surface area contributed by atoms with Crippen LogP contribution in [-0.2, 0) is 17.0 Å². The molecule has 0 saturated heterocycles. The van der Waals surface area contributed by atoms with E-state index in [4.69, 9.17) is 0 Å². The summed E-state index contributed by atoms with van der Waals surface area (Å²) in [4.78, 5) is 11.9. The minimum absolute atomic E-state index is 0.0485. The average Bonchev–Trinajstić information content (AvgIpc) is 2.61. The molecule has 0 aliphatic rings. The van der Waals surface area contributed by atoms with Crippen molar-refractivity contribution in [2.75, 3.05) is 5.75 Å². The van der Waals surface area contributed by atoms with Crippen molar-refractivity contribution in [1.82, 2.24) is 5.43 Å². The van der Waals surface area contributed by atoms with Gasteiger partial charge in [-0.05, 0) is 43.4 Å². The van der Waals surface area contributed by atoms with E-state index in [9.17, 15) is 4.79 Å². The highest BCUT2D eigenvalue weighted by Gasteiger charge is 2.03. The van der Waals surface area contributed by atoms with Gasteiger partial charge < -0.3 is 0 Å². The molecule has 0 saturated carbocycles. The number of benzene rings is 2. The zero-order chi connectivity index (χ0) is 17.2. The Hall–Kier alpha value is -2.07. The van der Waals surface area contributed by atoms with Gasteiger partial charge in [0.15, 0.2) is 0 Å². The molecule has 0 spiro atoms. The second-order valence-electron chi connectivity index (χ2n) is 5.79. The van der Waals surface area contributed by atoms with Gasteiger partial charge in [-0.15, -0.1) is 11.8 Å². The van der Waals surface area contributed by atoms with Gasteiger partial charge in [0.25, 0.3) is 0 Å². The normalized spacial score (nSPS) is 11.3. The van der Waals surface area contributed by atoms with Gasteiger partial charge >= 0.3 is 0 Å². The van der Waals surface area contributed by atoms with Gasteiger partial charge in [0.1, 0.15) is 0 Å². The first-order chi connectivity index (χ1) is 11.6. The third kappa shape index (κ3) is 6.59. The third-order valence-corrected chi connectivity index (χ3v) is 4.72. The van der Waals surface area contributed by atoms with Crippen molar-refractivity contribution in [3.63, 3.8) is 0 Å². The second-order valence-corrected chi connectivity index (χ2v) is 6.77. The number of thioether (sulfide) groups is 1. The molecule has 1 N–H and O–H groups in total. The highest BCUT2D eigenvalue weighted by atomic mass is 32.2. The van der Waals surface area contributed by atoms with Crippen LogP contribution < -0.4 is 5.43 Å². The molecule has 0 bridgehead atoms. The highest BCUT2D eigenvalue weighted by Crippen LogP contribution is 2.15. The van der Waals surface area contributed by atoms with Gasteiger partial charge in [-0.3, -0.25) is 4.79 Å². The molecule has 0 heterocycles. The Morgan fingerprint density at radius 1 is 1.08 bits per heavy atom. The van der Waals surface area contributed by atoms with Gasteiger partial charge in [-0.25, -0.2) is 5.43 Å². The number of hydrogen-bond donors (Lipinski definition) is 1. The van der Waals surface area contributed by atoms with E-state index in [1.807, 2.05) is 37.3 Å². The van der Waals surface area contributed by atoms with Gasteiger partial charge in [0, 0.05) is 11.5 Å². The van der Waals surface area contributed by atoms with Crippen LogP contribution in [0.15, 0.2) is 59.7 Å². The first kappa shape index (κ1) is 18.3. The number of rotatable bonds is 8. The summed E-state index contributed by atoms with van der Waals surface area (Å²) in [6, 6.07) is 18.6. The largest absolute Gasteiger partial charge is 0.272 e. The lowest BCUT2D eigenvalue weighted by Gasteiger charge is -2.05. The summed E-state index contributed by atoms with van der Waals surface area (Å²) in [6.07, 6.45) is 1.79. The Labute approximate surface area is 148 Å². The monoisotopic (exact) mass is 340 g/mol. The maximum absolute atomic E-state index is 11.9. The van der Waals surface area contributed by atoms with Crippen molar-refractivity contribution < 1.29 is 4.79 Å². The molecular weight excluding hydrogens is 316 g/mol. The molecule has 0 aromatic heterocycles. The Morgan fingerprint density at radius 3 is 2.54 bits per heavy atom. The highest BCUT2D eigenvalue weighted by molar-refractivity contribution is 7.99. The first-order valence-electron chi connectivity index (χ1n) is 8.13. The van der Waals surface area contributed by atoms with Crippen molar-refractivity contribution in [3.05, 3.63) is 71.3 Å². The summed E-state index contributed by atoms with van der Waals surface area (Å²) in [6.45, 7) is 4.04. The van der Waals surface area contributed by atoms with Crippen molar-refractivity contribution in [3.8, 4) is 0 Å². The van der Waals surface area contributed by atoms with E-state index in [2.05, 4.69) is 41.7 Å². The molecule has 24 heavy (non-hydrogen) atoms. The summed E-state index contributed by atoms with van der Waals surface area (Å²) in [5.74, 6) is 1.22. The fourth-order valence-corrected chi connectivity index (χ4v) is 3.14. The summed E-state index contributed by atoms with van der Waals surface area (Å²) in [7, 11) is 0. The van der Waals surface area contributed by atoms with Crippen LogP contribution in [0.3, 0.4) is 0 Å². The summed E-state index contributed by atoms with van der Waals surface area (Å²) < 4.78 is 0. The van der Waals surface area contributed by atoms with Gasteiger partial charge in [0.05, 0.1) is 5.75 Å². The quantitative estimate of drug-likeness (QED) is 0.573. The number of hydrogen-bond acceptors (Lipinski definition) is 3. The molecular formula is C20H24N2OS. The fourth-order valence-electron chi connectivity index (χ4n) is 2.24. The average molecular weight is 340 g/mol. The molecule has 0 aliphatic carbocycles. The van der Waals surface area contributed by atoms with Gasteiger partial charge in [0.2, 0.25) is 5.91 Å². The van der Waals surface area contributed by atoms with E-state index in [1.54, 1.807) is 11.8 Å². The number of nitrogens with one attached hydrogen (secondary N) is 1. The van der Waals surface area contributed by atoms with E-state index < -0.39 is 0 Å². The van der Waals surface area contributed by atoms with E-state index in [-0.39, 0.29) is 5.91 Å². The van der Waals surface area contributed by atoms with Crippen LogP contribution in [0.25, 0.3) is 0 Å². The molecule has 2 aromatic rings. The Morgan fingerprint density at radius 2 is 1.79 bits per heavy atom. The lowest BCUT2D eigenvalue weighted by molar-refractivity contribution is -0.118. The van der Waals surface area contributed by atoms with Crippen LogP contribution in [0.2, 0.25) is 0 Å². The van der Waals surface area contributed by atoms with Crippen LogP contribution in [0, 0.1) is 6.92 Å². The zero-order valence-corrected chi connectivity index (χ0v) is 15.1. The Bertz CT molecular complexity index is 683. The van der Waals surface area contributed by atoms with Crippen molar-refractivity contribution in [2.45, 2.75) is 32.4 Å². The zero-order valence-electron chi connectivity index (χ0n) is 14.3. The van der Waals surface area contributed by atoms with Crippen molar-refractivity contribution in [1.29, 1.82) is 0 Å². The van der Waals surface area contributed by atoms with Crippen LogP contribution in [-0.4, -0.2) is 17.4 Å². The first-order valence-corrected chi connectivity index (χ1v) is 9.29. The van der Waals surface area contributed by atoms with E-state index >= 15 is 0 Å². The molecule has 0 unspecified atom stereocenters. The molecule has 3 nitrogen and oxygen atoms in total. The number of aryl methyl sites for hydroxylation is 2. The Balaban J connectivity index is 1.67. The summed E-state index contributed by atoms with van der Waals surface area (Å²) in [5.41, 5.74) is 7.41. The van der Waals surface area contributed by atoms with E-state index in [0.717, 1.165) is 24.3 Å². The second kappa shape index (κ2) is 9.93. The number of nitrogens with zero attached hydrogens (tertiary/aromatic N) is 1. The predicted molar refractivity (Wildman–Crippen MR) is 103 cm³/mol. The molecule has 2 aromatic carbocycles. The minimum atomic E-state index is -0.0485. The molecule has 0 atom stereocenters. The van der Waals surface area contributed by atoms with Crippen LogP contribution in [0.5, 0.6) is 0 Å². The molecule has 4 heteroatoms. The Kier molecular flexibility index (Phi) is 7.56. The smallest absolute Gasteiger partial charge is 0.250 e. The molecule has 126 valence electrons. The standard InChI is InChI=1S/C20H24N2OS/c1-16-8-6-7-11-19(16)14-24-15-20(23)22-21-17(2)12-13-18-9-4-3-5-10-18/h3-11H,12-15H2,1-2H3,(H,22,23)/b21-17-. The lowest BCUT2D eigenvalue weighted by atomic mass is 10.1. The van der Waals surface area contributed by atoms with Gasteiger partial charge in [-0.2, -0.15) is 5.10 Å². The molecule has 0 radical (unpaired) electrons. The van der Waals surface area contributed by atoms with Crippen LogP contribution >= 0.6 is 11.8 Å². The SMILES string of the molecule is C/C(CCc1ccccc1)=N/NC(=O)CSCc1ccccc1C. The topological polar surface area (TPSA) is 41.5 Å².